The second-order valence-corrected chi connectivity index (χ2v) is 22.4. The lowest BCUT2D eigenvalue weighted by atomic mass is 9.82. The molecule has 4 fully saturated rings. The fourth-order valence-electron chi connectivity index (χ4n) is 11.6. The first-order chi connectivity index (χ1) is 35.2. The number of hydrogen-bond donors (Lipinski definition) is 4. The van der Waals surface area contributed by atoms with Gasteiger partial charge in [-0.15, -0.1) is 11.3 Å². The number of ether oxygens (including phenoxy) is 4. The summed E-state index contributed by atoms with van der Waals surface area (Å²) < 4.78 is 25.2. The van der Waals surface area contributed by atoms with Gasteiger partial charge < -0.3 is 49.3 Å². The van der Waals surface area contributed by atoms with Crippen LogP contribution in [0.3, 0.4) is 0 Å². The fourth-order valence-corrected chi connectivity index (χ4v) is 12.7. The number of nitrogens with one attached hydrogen (secondary N) is 4. The predicted molar refractivity (Wildman–Crippen MR) is 274 cm³/mol. The molecule has 3 unspecified atom stereocenters. The molecule has 8 heterocycles. The second kappa shape index (κ2) is 19.3. The van der Waals surface area contributed by atoms with Gasteiger partial charge in [-0.1, -0.05) is 19.9 Å². The van der Waals surface area contributed by atoms with Crippen molar-refractivity contribution < 1.29 is 38.1 Å². The van der Waals surface area contributed by atoms with Crippen molar-refractivity contribution in [3.8, 4) is 39.5 Å². The molecule has 384 valence electrons. The number of nitrogens with zero attached hydrogens (tertiary/aromatic N) is 6. The molecule has 19 heteroatoms. The zero-order valence-corrected chi connectivity index (χ0v) is 43.3. The highest BCUT2D eigenvalue weighted by molar-refractivity contribution is 7.11. The summed E-state index contributed by atoms with van der Waals surface area (Å²) in [5.74, 6) is 2.11. The molecule has 5 aliphatic rings. The van der Waals surface area contributed by atoms with Gasteiger partial charge in [-0.25, -0.2) is 24.5 Å². The largest absolute Gasteiger partial charge is 0.464 e. The molecule has 11 rings (SSSR count). The monoisotopic (exact) mass is 1010 g/mol. The molecule has 1 aliphatic carbocycles. The van der Waals surface area contributed by atoms with Gasteiger partial charge in [0.05, 0.1) is 76.8 Å². The van der Waals surface area contributed by atoms with Gasteiger partial charge in [-0.3, -0.25) is 14.2 Å². The summed E-state index contributed by atoms with van der Waals surface area (Å²) in [7, 11) is 2.61. The third-order valence-electron chi connectivity index (χ3n) is 15.4. The van der Waals surface area contributed by atoms with Gasteiger partial charge in [0, 0.05) is 53.9 Å². The van der Waals surface area contributed by atoms with Crippen LogP contribution in [-0.4, -0.2) is 115 Å². The van der Waals surface area contributed by atoms with E-state index in [4.69, 9.17) is 33.9 Å². The zero-order chi connectivity index (χ0) is 50.9. The molecule has 4 N–H and O–H groups in total. The highest BCUT2D eigenvalue weighted by atomic mass is 32.1. The van der Waals surface area contributed by atoms with E-state index >= 15 is 0 Å². The van der Waals surface area contributed by atoms with E-state index in [1.807, 2.05) is 56.1 Å². The van der Waals surface area contributed by atoms with Crippen molar-refractivity contribution in [3.63, 3.8) is 0 Å². The minimum absolute atomic E-state index is 0.107. The molecule has 6 aromatic rings. The third-order valence-corrected chi connectivity index (χ3v) is 16.6. The number of benzene rings is 2. The van der Waals surface area contributed by atoms with E-state index < -0.39 is 36.1 Å². The highest BCUT2D eigenvalue weighted by Crippen LogP contribution is 2.50. The van der Waals surface area contributed by atoms with Gasteiger partial charge in [-0.05, 0) is 120 Å². The molecule has 4 amide bonds. The molecule has 4 aliphatic heterocycles. The summed E-state index contributed by atoms with van der Waals surface area (Å²) >= 11 is 1.71. The number of hydrogen-bond acceptors (Lipinski definition) is 12. The van der Waals surface area contributed by atoms with Crippen LogP contribution in [0.4, 0.5) is 9.59 Å². The number of carbonyl (C=O) groups excluding carboxylic acids is 4. The van der Waals surface area contributed by atoms with Gasteiger partial charge in [-0.2, -0.15) is 0 Å². The van der Waals surface area contributed by atoms with Crippen LogP contribution in [0, 0.1) is 18.8 Å². The topological polar surface area (TPSA) is 211 Å². The minimum Gasteiger partial charge on any atom is -0.464 e. The van der Waals surface area contributed by atoms with Crippen molar-refractivity contribution in [2.45, 2.75) is 128 Å². The van der Waals surface area contributed by atoms with E-state index in [1.165, 1.54) is 14.2 Å². The number of thiazole rings is 1. The van der Waals surface area contributed by atoms with Crippen molar-refractivity contribution in [3.05, 3.63) is 82.1 Å². The number of H-pyrrole nitrogens is 2. The quantitative estimate of drug-likeness (QED) is 0.0907. The number of aromatic nitrogens is 6. The van der Waals surface area contributed by atoms with Crippen LogP contribution in [0.2, 0.25) is 0 Å². The number of methoxy groups -OCH3 is 2. The Bertz CT molecular complexity index is 3090. The van der Waals surface area contributed by atoms with Crippen LogP contribution >= 0.6 is 11.3 Å². The van der Waals surface area contributed by atoms with Gasteiger partial charge in [0.1, 0.15) is 29.5 Å². The standard InChI is InChI=1S/C54H64N10O8S/c1-28(2)44(60-52(67)69-6)49(65)62-17-8-10-38(62)47-56-26-36(59-47)33-20-29(3)43-40-22-34-21-31(14-15-37(34)64(40)51(72-41(43)23-33)42-27-57-48(73-42)30-12-13-30)35-25-55-46(58-35)39-11-9-18-63(39)50(66)45(61-53(68)70-7)32-16-19-71-54(4,5)24-32/h14-15,20-23,25-28,30,32,38-39,44-45,51H,8-13,16-19,24H2,1-7H3,(H,55,58)(H,56,59)(H,60,67)(H,61,68)/t32?,38-,39-,44-,45?,51?/m0/s1. The first-order valence-electron chi connectivity index (χ1n) is 25.6. The number of alkyl carbamates (subject to hydrolysis) is 2. The van der Waals surface area contributed by atoms with Crippen molar-refractivity contribution in [1.29, 1.82) is 0 Å². The number of carbonyl (C=O) groups is 4. The maximum Gasteiger partial charge on any atom is 0.407 e. The molecule has 2 aromatic carbocycles. The Morgan fingerprint density at radius 1 is 0.808 bits per heavy atom. The molecule has 6 atom stereocenters. The molecule has 0 radical (unpaired) electrons. The molecule has 18 nitrogen and oxygen atoms in total. The Labute approximate surface area is 427 Å². The minimum atomic E-state index is -0.750. The van der Waals surface area contributed by atoms with Gasteiger partial charge in [0.2, 0.25) is 18.0 Å². The zero-order valence-electron chi connectivity index (χ0n) is 42.5. The molecule has 3 saturated heterocycles. The lowest BCUT2D eigenvalue weighted by molar-refractivity contribution is -0.139. The number of aromatic amines is 2. The Balaban J connectivity index is 0.893. The summed E-state index contributed by atoms with van der Waals surface area (Å²) in [6, 6.07) is 10.9. The van der Waals surface area contributed by atoms with Crippen LogP contribution in [0.25, 0.3) is 44.7 Å². The Hall–Kier alpha value is -6.73. The lowest BCUT2D eigenvalue weighted by Gasteiger charge is -2.40. The van der Waals surface area contributed by atoms with Gasteiger partial charge in [0.25, 0.3) is 0 Å². The first kappa shape index (κ1) is 48.5. The van der Waals surface area contributed by atoms with Crippen LogP contribution in [0.1, 0.15) is 130 Å². The molecule has 1 saturated carbocycles. The van der Waals surface area contributed by atoms with Crippen LogP contribution < -0.4 is 15.4 Å². The normalized spacial score (nSPS) is 22.1. The van der Waals surface area contributed by atoms with E-state index in [2.05, 4.69) is 68.5 Å². The maximum atomic E-state index is 14.5. The van der Waals surface area contributed by atoms with Crippen LogP contribution in [-0.2, 0) is 23.8 Å². The smallest absolute Gasteiger partial charge is 0.407 e. The highest BCUT2D eigenvalue weighted by Gasteiger charge is 2.44. The number of rotatable bonds is 12. The average molecular weight is 1010 g/mol. The fraction of sp³-hybridized carbons (Fsp3) is 0.500. The lowest BCUT2D eigenvalue weighted by Crippen LogP contribution is -2.54. The summed E-state index contributed by atoms with van der Waals surface area (Å²) in [5.41, 5.74) is 7.16. The van der Waals surface area contributed by atoms with E-state index in [0.717, 1.165) is 104 Å². The number of amides is 4. The summed E-state index contributed by atoms with van der Waals surface area (Å²) in [6.07, 6.45) is 10.6. The molecule has 4 aromatic heterocycles. The molecule has 73 heavy (non-hydrogen) atoms. The molecular weight excluding hydrogens is 949 g/mol. The predicted octanol–water partition coefficient (Wildman–Crippen LogP) is 9.31. The molecule has 0 spiro atoms. The Kier molecular flexibility index (Phi) is 12.8. The van der Waals surface area contributed by atoms with Crippen LogP contribution in [0.5, 0.6) is 5.75 Å². The van der Waals surface area contributed by atoms with Gasteiger partial charge in [0.15, 0.2) is 0 Å². The number of imidazole rings is 2. The van der Waals surface area contributed by atoms with E-state index in [1.54, 1.807) is 11.3 Å². The maximum absolute atomic E-state index is 14.5. The number of fused-ring (bicyclic) bond motifs is 5. The second-order valence-electron chi connectivity index (χ2n) is 21.3. The van der Waals surface area contributed by atoms with Crippen molar-refractivity contribution >= 4 is 46.2 Å². The van der Waals surface area contributed by atoms with Crippen molar-refractivity contribution in [2.75, 3.05) is 33.9 Å². The van der Waals surface area contributed by atoms with Crippen LogP contribution in [0.15, 0.2) is 55.0 Å². The number of aryl methyl sites for hydroxylation is 1. The summed E-state index contributed by atoms with van der Waals surface area (Å²) in [4.78, 5) is 79.6. The Morgan fingerprint density at radius 2 is 1.48 bits per heavy atom. The Morgan fingerprint density at radius 3 is 2.14 bits per heavy atom. The van der Waals surface area contributed by atoms with E-state index in [-0.39, 0.29) is 35.7 Å². The summed E-state index contributed by atoms with van der Waals surface area (Å²) in [5, 5.41) is 7.78. The molecule has 0 bridgehead atoms. The first-order valence-corrected chi connectivity index (χ1v) is 26.5. The van der Waals surface area contributed by atoms with E-state index in [0.29, 0.717) is 50.1 Å². The van der Waals surface area contributed by atoms with Crippen molar-refractivity contribution in [1.82, 2.24) is 49.9 Å². The van der Waals surface area contributed by atoms with Gasteiger partial charge >= 0.3 is 12.2 Å². The summed E-state index contributed by atoms with van der Waals surface area (Å²) in [6.45, 7) is 11.6. The average Bonchev–Trinajstić information content (AvgIpc) is 4.11. The van der Waals surface area contributed by atoms with Crippen molar-refractivity contribution in [2.24, 2.45) is 11.8 Å². The van der Waals surface area contributed by atoms with E-state index in [9.17, 15) is 19.2 Å². The SMILES string of the molecule is COC(=O)NC(C(=O)N1CCC[C@H]1c1ncc(-c2ccc3c(c2)cc2n3C(c3cnc(C4CC4)s3)Oc3cc(-c4cnc([C@@H]5CCCN5C(=O)[C@@H](NC(=O)OC)C(C)C)[nH]4)cc(C)c3-2)[nH]1)C1CCOC(C)(C)C1. The number of likely N-dealkylation sites (tertiary alicyclic amines) is 2. The third kappa shape index (κ3) is 9.23. The molecular formula is C54H64N10O8S.